The van der Waals surface area contributed by atoms with Gasteiger partial charge < -0.3 is 0 Å². The highest BCUT2D eigenvalue weighted by Crippen LogP contribution is 2.60. The molecular formula is C58H40N6+2. The number of rotatable bonds is 6. The van der Waals surface area contributed by atoms with E-state index in [1.54, 1.807) is 0 Å². The van der Waals surface area contributed by atoms with Gasteiger partial charge in [0.1, 0.15) is 0 Å². The minimum absolute atomic E-state index is 0.741. The lowest BCUT2D eigenvalue weighted by Crippen LogP contribution is -2.38. The van der Waals surface area contributed by atoms with Crippen LogP contribution in [0.15, 0.2) is 207 Å². The number of aryl methyl sites for hydroxylation is 1. The van der Waals surface area contributed by atoms with Gasteiger partial charge in [-0.1, -0.05) is 124 Å². The summed E-state index contributed by atoms with van der Waals surface area (Å²) in [7, 11) is 2.03. The average Bonchev–Trinajstić information content (AvgIpc) is 4.09. The SMILES string of the molecule is Cc1ccnc(C2(c3cccc(C4(c5cccc(C6([N+]7=C=[N+](C)C=C7)c7ccccc7-c7ccncc76)c5)c5ccccc5-c5ccncc54)c3)c3ccccc3-c3ccncc32)c1. The standard InChI is InChI=1S/C58H40N6/c1-38-21-28-62-55(31-38)57(50-19-7-4-16-44(50)47-23-26-60-35-53(47)57)41-13-9-11-39(32-41)56(49-18-6-3-15-43(49)46-22-25-59-34-52(46)56)40-12-10-14-42(33-40)58(64-30-29-63(2)37-64)51-20-8-5-17-45(51)48-24-27-61-36-54(48)58/h3-36H,1-2H3/q+2. The summed E-state index contributed by atoms with van der Waals surface area (Å²) in [6, 6.07) is 59.6. The van der Waals surface area contributed by atoms with Crippen LogP contribution in [0.4, 0.5) is 0 Å². The highest BCUT2D eigenvalue weighted by Gasteiger charge is 2.57. The molecule has 64 heavy (non-hydrogen) atoms. The van der Waals surface area contributed by atoms with Gasteiger partial charge in [0.05, 0.1) is 22.1 Å². The van der Waals surface area contributed by atoms with Crippen molar-refractivity contribution in [2.75, 3.05) is 7.05 Å². The largest absolute Gasteiger partial charge is 0.490 e. The predicted octanol–water partition coefficient (Wildman–Crippen LogP) is 10.9. The molecule has 6 heteroatoms. The fourth-order valence-electron chi connectivity index (χ4n) is 11.9. The Bertz CT molecular complexity index is 3420. The van der Waals surface area contributed by atoms with E-state index in [1.165, 1.54) is 50.1 Å². The molecule has 5 heterocycles. The molecular weight excluding hydrogens is 781 g/mol. The van der Waals surface area contributed by atoms with Crippen LogP contribution in [-0.4, -0.2) is 42.1 Å². The number of aromatic nitrogens is 4. The van der Waals surface area contributed by atoms with Crippen molar-refractivity contribution >= 4 is 6.01 Å². The fraction of sp³-hybridized carbons (Fsp3) is 0.0862. The maximum absolute atomic E-state index is 5.22. The molecule has 4 aromatic heterocycles. The highest BCUT2D eigenvalue weighted by molar-refractivity contribution is 5.89. The molecule has 0 fully saturated rings. The van der Waals surface area contributed by atoms with E-state index in [-0.39, 0.29) is 0 Å². The third kappa shape index (κ3) is 4.59. The van der Waals surface area contributed by atoms with Gasteiger partial charge in [0.25, 0.3) is 5.54 Å². The number of benzene rings is 5. The van der Waals surface area contributed by atoms with Crippen molar-refractivity contribution in [2.45, 2.75) is 23.3 Å². The first-order chi connectivity index (χ1) is 31.5. The van der Waals surface area contributed by atoms with Gasteiger partial charge in [-0.25, -0.2) is 0 Å². The van der Waals surface area contributed by atoms with Crippen LogP contribution in [0.3, 0.4) is 0 Å². The summed E-state index contributed by atoms with van der Waals surface area (Å²) < 4.78 is 4.24. The van der Waals surface area contributed by atoms with Crippen LogP contribution in [0.2, 0.25) is 0 Å². The summed E-state index contributed by atoms with van der Waals surface area (Å²) in [5.74, 6) is 0. The van der Waals surface area contributed by atoms with E-state index in [4.69, 9.17) is 19.9 Å². The second-order valence-electron chi connectivity index (χ2n) is 17.4. The first kappa shape index (κ1) is 36.5. The Labute approximate surface area is 371 Å². The van der Waals surface area contributed by atoms with Gasteiger partial charge >= 0.3 is 6.01 Å². The molecule has 300 valence electrons. The second-order valence-corrected chi connectivity index (χ2v) is 17.4. The quantitative estimate of drug-likeness (QED) is 0.157. The first-order valence-corrected chi connectivity index (χ1v) is 21.8. The lowest BCUT2D eigenvalue weighted by atomic mass is 9.64. The summed E-state index contributed by atoms with van der Waals surface area (Å²) in [5.41, 5.74) is 18.5. The Morgan fingerprint density at radius 1 is 0.422 bits per heavy atom. The highest BCUT2D eigenvalue weighted by atomic mass is 15.2. The molecule has 0 saturated carbocycles. The lowest BCUT2D eigenvalue weighted by molar-refractivity contribution is -0.533. The van der Waals surface area contributed by atoms with E-state index in [1.807, 2.05) is 42.6 Å². The maximum atomic E-state index is 5.22. The molecule has 0 N–H and O–H groups in total. The van der Waals surface area contributed by atoms with Crippen LogP contribution in [0.1, 0.15) is 66.9 Å². The van der Waals surface area contributed by atoms with E-state index in [9.17, 15) is 0 Å². The minimum Gasteiger partial charge on any atom is -0.264 e. The van der Waals surface area contributed by atoms with Gasteiger partial charge in [-0.05, 0) is 121 Å². The molecule has 1 aliphatic heterocycles. The third-order valence-corrected chi connectivity index (χ3v) is 14.3. The van der Waals surface area contributed by atoms with Crippen molar-refractivity contribution in [3.05, 3.63) is 274 Å². The Kier molecular flexibility index (Phi) is 7.64. The number of nitrogens with zero attached hydrogens (tertiary/aromatic N) is 6. The first-order valence-electron chi connectivity index (χ1n) is 21.8. The van der Waals surface area contributed by atoms with Crippen molar-refractivity contribution in [3.8, 4) is 33.4 Å². The van der Waals surface area contributed by atoms with Crippen molar-refractivity contribution in [1.82, 2.24) is 19.9 Å². The number of fused-ring (bicyclic) bond motifs is 9. The molecule has 0 bridgehead atoms. The lowest BCUT2D eigenvalue weighted by Gasteiger charge is -2.37. The number of pyridine rings is 4. The molecule has 5 aromatic carbocycles. The molecule has 9 aromatic rings. The van der Waals surface area contributed by atoms with Crippen LogP contribution in [0, 0.1) is 6.92 Å². The van der Waals surface area contributed by atoms with E-state index < -0.39 is 16.4 Å². The van der Waals surface area contributed by atoms with E-state index in [2.05, 4.69) is 194 Å². The Morgan fingerprint density at radius 2 is 0.906 bits per heavy atom. The minimum atomic E-state index is -0.772. The van der Waals surface area contributed by atoms with E-state index >= 15 is 0 Å². The van der Waals surface area contributed by atoms with Crippen molar-refractivity contribution in [2.24, 2.45) is 0 Å². The smallest absolute Gasteiger partial charge is 0.264 e. The average molecular weight is 821 g/mol. The van der Waals surface area contributed by atoms with Crippen LogP contribution in [0.5, 0.6) is 0 Å². The zero-order valence-corrected chi connectivity index (χ0v) is 35.3. The van der Waals surface area contributed by atoms with Crippen LogP contribution >= 0.6 is 0 Å². The van der Waals surface area contributed by atoms with Crippen LogP contribution in [0.25, 0.3) is 33.4 Å². The molecule has 3 atom stereocenters. The van der Waals surface area contributed by atoms with Crippen LogP contribution < -0.4 is 0 Å². The van der Waals surface area contributed by atoms with Crippen LogP contribution in [-0.2, 0) is 16.4 Å². The van der Waals surface area contributed by atoms with E-state index in [0.29, 0.717) is 0 Å². The molecule has 6 nitrogen and oxygen atoms in total. The number of hydrogen-bond acceptors (Lipinski definition) is 4. The van der Waals surface area contributed by atoms with Gasteiger partial charge in [-0.2, -0.15) is 0 Å². The van der Waals surface area contributed by atoms with Crippen molar-refractivity contribution in [3.63, 3.8) is 0 Å². The molecule has 0 amide bonds. The monoisotopic (exact) mass is 820 g/mol. The Morgan fingerprint density at radius 3 is 1.52 bits per heavy atom. The predicted molar refractivity (Wildman–Crippen MR) is 249 cm³/mol. The molecule has 13 rings (SSSR count). The number of hydrogen-bond donors (Lipinski definition) is 0. The van der Waals surface area contributed by atoms with Gasteiger partial charge in [0.2, 0.25) is 12.4 Å². The summed E-state index contributed by atoms with van der Waals surface area (Å²) in [6.45, 7) is 2.15. The van der Waals surface area contributed by atoms with Crippen molar-refractivity contribution < 1.29 is 9.15 Å². The normalized spacial score (nSPS) is 20.4. The third-order valence-electron chi connectivity index (χ3n) is 14.3. The summed E-state index contributed by atoms with van der Waals surface area (Å²) in [5, 5.41) is 0. The van der Waals surface area contributed by atoms with Gasteiger partial charge in [0.15, 0.2) is 7.05 Å². The van der Waals surface area contributed by atoms with Gasteiger partial charge in [-0.15, -0.1) is 0 Å². The van der Waals surface area contributed by atoms with Gasteiger partial charge in [0, 0.05) is 54.5 Å². The molecule has 4 aliphatic rings. The van der Waals surface area contributed by atoms with Crippen molar-refractivity contribution in [1.29, 1.82) is 0 Å². The molecule has 0 radical (unpaired) electrons. The molecule has 0 spiro atoms. The second kappa shape index (κ2) is 13.4. The molecule has 0 saturated heterocycles. The summed E-state index contributed by atoms with van der Waals surface area (Å²) in [4.78, 5) is 19.7. The maximum Gasteiger partial charge on any atom is 0.490 e. The fourth-order valence-corrected chi connectivity index (χ4v) is 11.9. The Balaban J connectivity index is 1.14. The zero-order valence-electron chi connectivity index (χ0n) is 35.3. The summed E-state index contributed by atoms with van der Waals surface area (Å²) in [6.07, 6.45) is 18.1. The topological polar surface area (TPSA) is 57.6 Å². The summed E-state index contributed by atoms with van der Waals surface area (Å²) >= 11 is 0. The Hall–Kier alpha value is -8.18. The zero-order chi connectivity index (χ0) is 42.6. The molecule has 3 aliphatic carbocycles. The molecule has 3 unspecified atom stereocenters. The van der Waals surface area contributed by atoms with Gasteiger partial charge in [-0.3, -0.25) is 19.9 Å². The van der Waals surface area contributed by atoms with E-state index in [0.717, 1.165) is 50.2 Å².